The third-order valence-corrected chi connectivity index (χ3v) is 4.09. The molecule has 0 saturated carbocycles. The SMILES string of the molecule is CC(O)CCNC1CC2CCC(C1)N2C. The van der Waals surface area contributed by atoms with E-state index in [4.69, 9.17) is 0 Å². The summed E-state index contributed by atoms with van der Waals surface area (Å²) in [6, 6.07) is 2.32. The van der Waals surface area contributed by atoms with Gasteiger partial charge in [-0.25, -0.2) is 0 Å². The average Bonchev–Trinajstić information content (AvgIpc) is 2.42. The van der Waals surface area contributed by atoms with Crippen LogP contribution in [-0.4, -0.2) is 47.8 Å². The highest BCUT2D eigenvalue weighted by Crippen LogP contribution is 2.34. The summed E-state index contributed by atoms with van der Waals surface area (Å²) in [4.78, 5) is 2.56. The molecule has 88 valence electrons. The second-order valence-electron chi connectivity index (χ2n) is 5.31. The second-order valence-corrected chi connectivity index (χ2v) is 5.31. The molecule has 3 nitrogen and oxygen atoms in total. The number of hydrogen-bond donors (Lipinski definition) is 2. The molecule has 0 radical (unpaired) electrons. The molecule has 15 heavy (non-hydrogen) atoms. The van der Waals surface area contributed by atoms with Gasteiger partial charge in [-0.15, -0.1) is 0 Å². The van der Waals surface area contributed by atoms with Gasteiger partial charge in [0.15, 0.2) is 0 Å². The molecule has 3 unspecified atom stereocenters. The van der Waals surface area contributed by atoms with E-state index < -0.39 is 0 Å². The molecular formula is C12H24N2O. The summed E-state index contributed by atoms with van der Waals surface area (Å²) in [5.41, 5.74) is 0. The lowest BCUT2D eigenvalue weighted by molar-refractivity contribution is 0.142. The van der Waals surface area contributed by atoms with Gasteiger partial charge < -0.3 is 15.3 Å². The monoisotopic (exact) mass is 212 g/mol. The zero-order chi connectivity index (χ0) is 10.8. The maximum Gasteiger partial charge on any atom is 0.0524 e. The van der Waals surface area contributed by atoms with Crippen molar-refractivity contribution in [2.24, 2.45) is 0 Å². The van der Waals surface area contributed by atoms with Crippen LogP contribution in [0.15, 0.2) is 0 Å². The van der Waals surface area contributed by atoms with Crippen LogP contribution in [0.2, 0.25) is 0 Å². The standard InChI is InChI=1S/C12H24N2O/c1-9(15)5-6-13-10-7-11-3-4-12(8-10)14(11)2/h9-13,15H,3-8H2,1-2H3. The fourth-order valence-corrected chi connectivity index (χ4v) is 3.07. The van der Waals surface area contributed by atoms with Gasteiger partial charge in [0.05, 0.1) is 6.10 Å². The van der Waals surface area contributed by atoms with Crippen LogP contribution >= 0.6 is 0 Å². The van der Waals surface area contributed by atoms with E-state index >= 15 is 0 Å². The molecule has 0 aromatic heterocycles. The van der Waals surface area contributed by atoms with E-state index in [1.54, 1.807) is 0 Å². The summed E-state index contributed by atoms with van der Waals surface area (Å²) in [5, 5.41) is 12.8. The van der Waals surface area contributed by atoms with Crippen molar-refractivity contribution in [3.63, 3.8) is 0 Å². The molecule has 0 aromatic carbocycles. The third-order valence-electron chi connectivity index (χ3n) is 4.09. The molecular weight excluding hydrogens is 188 g/mol. The Bertz CT molecular complexity index is 194. The van der Waals surface area contributed by atoms with Crippen LogP contribution in [0.5, 0.6) is 0 Å². The molecule has 2 N–H and O–H groups in total. The zero-order valence-electron chi connectivity index (χ0n) is 9.95. The molecule has 3 heteroatoms. The van der Waals surface area contributed by atoms with Gasteiger partial charge in [0.1, 0.15) is 0 Å². The molecule has 2 aliphatic rings. The van der Waals surface area contributed by atoms with Gasteiger partial charge in [-0.2, -0.15) is 0 Å². The van der Waals surface area contributed by atoms with Crippen LogP contribution < -0.4 is 5.32 Å². The van der Waals surface area contributed by atoms with E-state index in [-0.39, 0.29) is 6.10 Å². The molecule has 0 aromatic rings. The minimum Gasteiger partial charge on any atom is -0.393 e. The Hall–Kier alpha value is -0.120. The molecule has 2 fully saturated rings. The summed E-state index contributed by atoms with van der Waals surface area (Å²) in [5.74, 6) is 0. The quantitative estimate of drug-likeness (QED) is 0.729. The van der Waals surface area contributed by atoms with Crippen LogP contribution in [0, 0.1) is 0 Å². The maximum atomic E-state index is 9.19. The van der Waals surface area contributed by atoms with E-state index in [9.17, 15) is 5.11 Å². The normalized spacial score (nSPS) is 38.2. The Morgan fingerprint density at radius 3 is 2.47 bits per heavy atom. The zero-order valence-corrected chi connectivity index (χ0v) is 9.95. The number of hydrogen-bond acceptors (Lipinski definition) is 3. The molecule has 0 spiro atoms. The molecule has 0 aliphatic carbocycles. The van der Waals surface area contributed by atoms with Crippen LogP contribution in [-0.2, 0) is 0 Å². The number of nitrogens with one attached hydrogen (secondary N) is 1. The Morgan fingerprint density at radius 1 is 1.33 bits per heavy atom. The van der Waals surface area contributed by atoms with Crippen molar-refractivity contribution in [1.82, 2.24) is 10.2 Å². The first kappa shape index (κ1) is 11.4. The van der Waals surface area contributed by atoms with Gasteiger partial charge in [-0.3, -0.25) is 0 Å². The van der Waals surface area contributed by atoms with Crippen molar-refractivity contribution in [3.8, 4) is 0 Å². The number of aliphatic hydroxyl groups excluding tert-OH is 1. The van der Waals surface area contributed by atoms with Crippen LogP contribution in [0.1, 0.15) is 39.0 Å². The first-order valence-electron chi connectivity index (χ1n) is 6.30. The van der Waals surface area contributed by atoms with Crippen LogP contribution in [0.3, 0.4) is 0 Å². The highest BCUT2D eigenvalue weighted by Gasteiger charge is 2.37. The van der Waals surface area contributed by atoms with Gasteiger partial charge in [-0.1, -0.05) is 0 Å². The van der Waals surface area contributed by atoms with Gasteiger partial charge in [-0.05, 0) is 52.6 Å². The van der Waals surface area contributed by atoms with Crippen molar-refractivity contribution in [1.29, 1.82) is 0 Å². The fourth-order valence-electron chi connectivity index (χ4n) is 3.07. The number of aliphatic hydroxyl groups is 1. The van der Waals surface area contributed by atoms with Crippen molar-refractivity contribution >= 4 is 0 Å². The molecule has 2 rings (SSSR count). The van der Waals surface area contributed by atoms with Crippen molar-refractivity contribution < 1.29 is 5.11 Å². The van der Waals surface area contributed by atoms with E-state index in [2.05, 4.69) is 17.3 Å². The number of fused-ring (bicyclic) bond motifs is 2. The highest BCUT2D eigenvalue weighted by atomic mass is 16.3. The van der Waals surface area contributed by atoms with Crippen LogP contribution in [0.4, 0.5) is 0 Å². The van der Waals surface area contributed by atoms with E-state index in [0.717, 1.165) is 25.0 Å². The topological polar surface area (TPSA) is 35.5 Å². The molecule has 2 heterocycles. The lowest BCUT2D eigenvalue weighted by Crippen LogP contribution is -2.47. The number of nitrogens with zero attached hydrogens (tertiary/aromatic N) is 1. The van der Waals surface area contributed by atoms with Crippen molar-refractivity contribution in [2.75, 3.05) is 13.6 Å². The van der Waals surface area contributed by atoms with Crippen LogP contribution in [0.25, 0.3) is 0 Å². The molecule has 2 aliphatic heterocycles. The maximum absolute atomic E-state index is 9.19. The number of rotatable bonds is 4. The first-order chi connectivity index (χ1) is 7.16. The average molecular weight is 212 g/mol. The smallest absolute Gasteiger partial charge is 0.0524 e. The summed E-state index contributed by atoms with van der Waals surface area (Å²) >= 11 is 0. The third kappa shape index (κ3) is 2.71. The summed E-state index contributed by atoms with van der Waals surface area (Å²) in [7, 11) is 2.27. The Kier molecular flexibility index (Phi) is 3.65. The molecule has 2 bridgehead atoms. The number of piperidine rings is 1. The van der Waals surface area contributed by atoms with E-state index in [1.807, 2.05) is 6.92 Å². The summed E-state index contributed by atoms with van der Waals surface area (Å²) in [6.07, 6.45) is 6.08. The first-order valence-corrected chi connectivity index (χ1v) is 6.30. The molecule has 2 saturated heterocycles. The molecule has 0 amide bonds. The Morgan fingerprint density at radius 2 is 1.93 bits per heavy atom. The fraction of sp³-hybridized carbons (Fsp3) is 1.00. The van der Waals surface area contributed by atoms with E-state index in [0.29, 0.717) is 6.04 Å². The predicted octanol–water partition coefficient (Wildman–Crippen LogP) is 0.972. The minimum atomic E-state index is -0.166. The predicted molar refractivity (Wildman–Crippen MR) is 61.9 cm³/mol. The van der Waals surface area contributed by atoms with Gasteiger partial charge in [0.2, 0.25) is 0 Å². The Labute approximate surface area is 92.8 Å². The van der Waals surface area contributed by atoms with Crippen molar-refractivity contribution in [3.05, 3.63) is 0 Å². The van der Waals surface area contributed by atoms with Gasteiger partial charge >= 0.3 is 0 Å². The highest BCUT2D eigenvalue weighted by molar-refractivity contribution is 4.95. The van der Waals surface area contributed by atoms with Gasteiger partial charge in [0.25, 0.3) is 0 Å². The second kappa shape index (κ2) is 4.81. The lowest BCUT2D eigenvalue weighted by Gasteiger charge is -2.36. The largest absolute Gasteiger partial charge is 0.393 e. The Balaban J connectivity index is 1.72. The molecule has 3 atom stereocenters. The van der Waals surface area contributed by atoms with Gasteiger partial charge in [0, 0.05) is 18.1 Å². The van der Waals surface area contributed by atoms with Crippen molar-refractivity contribution in [2.45, 2.75) is 63.3 Å². The lowest BCUT2D eigenvalue weighted by atomic mass is 9.98. The summed E-state index contributed by atoms with van der Waals surface area (Å²) in [6.45, 7) is 2.82. The van der Waals surface area contributed by atoms with E-state index in [1.165, 1.54) is 25.7 Å². The minimum absolute atomic E-state index is 0.166. The summed E-state index contributed by atoms with van der Waals surface area (Å²) < 4.78 is 0.